The first-order chi connectivity index (χ1) is 12.7. The summed E-state index contributed by atoms with van der Waals surface area (Å²) in [6.45, 7) is 2.84. The molecule has 3 rings (SSSR count). The van der Waals surface area contributed by atoms with Crippen LogP contribution in [0.5, 0.6) is 0 Å². The number of carbonyl (C=O) groups excluding carboxylic acids is 2. The zero-order chi connectivity index (χ0) is 18.2. The molecule has 1 aliphatic carbocycles. The van der Waals surface area contributed by atoms with Crippen molar-refractivity contribution in [2.75, 3.05) is 31.5 Å². The number of nitrogens with zero attached hydrogens (tertiary/aromatic N) is 1. The minimum Gasteiger partial charge on any atom is -0.339 e. The van der Waals surface area contributed by atoms with Crippen LogP contribution in [0.3, 0.4) is 0 Å². The zero-order valence-electron chi connectivity index (χ0n) is 15.4. The van der Waals surface area contributed by atoms with E-state index in [-0.39, 0.29) is 11.8 Å². The summed E-state index contributed by atoms with van der Waals surface area (Å²) < 4.78 is 0. The summed E-state index contributed by atoms with van der Waals surface area (Å²) in [6, 6.07) is 7.18. The van der Waals surface area contributed by atoms with Gasteiger partial charge in [0.2, 0.25) is 5.91 Å². The van der Waals surface area contributed by atoms with Gasteiger partial charge in [-0.3, -0.25) is 9.59 Å². The number of allylic oxidation sites excluding steroid dienone is 1. The molecule has 2 amide bonds. The molecule has 0 saturated carbocycles. The Balaban J connectivity index is 1.38. The average molecular weight is 355 g/mol. The molecule has 140 valence electrons. The topological polar surface area (TPSA) is 61.4 Å². The summed E-state index contributed by atoms with van der Waals surface area (Å²) in [7, 11) is 0. The lowest BCUT2D eigenvalue weighted by Crippen LogP contribution is -2.29. The summed E-state index contributed by atoms with van der Waals surface area (Å²) in [5, 5.41) is 6.08. The highest BCUT2D eigenvalue weighted by Gasteiger charge is 2.19. The summed E-state index contributed by atoms with van der Waals surface area (Å²) in [5.74, 6) is 0.0281. The third-order valence-corrected chi connectivity index (χ3v) is 5.10. The molecule has 0 atom stereocenters. The van der Waals surface area contributed by atoms with Gasteiger partial charge in [-0.05, 0) is 75.8 Å². The number of amides is 2. The molecule has 1 aromatic rings. The van der Waals surface area contributed by atoms with Gasteiger partial charge in [0.15, 0.2) is 0 Å². The molecule has 2 aliphatic rings. The van der Waals surface area contributed by atoms with Gasteiger partial charge in [-0.25, -0.2) is 0 Å². The molecule has 5 nitrogen and oxygen atoms in total. The highest BCUT2D eigenvalue weighted by atomic mass is 16.2. The SMILES string of the molecule is O=C(CNCCC1=CCCCC1)Nc1ccc(C(=O)N2CCCC2)cc1. The van der Waals surface area contributed by atoms with Crippen molar-refractivity contribution in [1.29, 1.82) is 0 Å². The lowest BCUT2D eigenvalue weighted by molar-refractivity contribution is -0.115. The molecule has 0 unspecified atom stereocenters. The molecule has 0 aromatic heterocycles. The fraction of sp³-hybridized carbons (Fsp3) is 0.524. The highest BCUT2D eigenvalue weighted by molar-refractivity contribution is 5.96. The second-order valence-corrected chi connectivity index (χ2v) is 7.16. The third kappa shape index (κ3) is 5.43. The molecule has 5 heteroatoms. The molecule has 2 N–H and O–H groups in total. The first-order valence-corrected chi connectivity index (χ1v) is 9.80. The van der Waals surface area contributed by atoms with Crippen LogP contribution >= 0.6 is 0 Å². The Morgan fingerprint density at radius 1 is 1.00 bits per heavy atom. The zero-order valence-corrected chi connectivity index (χ0v) is 15.4. The predicted octanol–water partition coefficient (Wildman–Crippen LogP) is 3.34. The van der Waals surface area contributed by atoms with Crippen LogP contribution in [0.2, 0.25) is 0 Å². The molecular weight excluding hydrogens is 326 g/mol. The average Bonchev–Trinajstić information content (AvgIpc) is 3.21. The second kappa shape index (κ2) is 9.53. The van der Waals surface area contributed by atoms with E-state index in [1.165, 1.54) is 31.3 Å². The van der Waals surface area contributed by atoms with E-state index in [2.05, 4.69) is 16.7 Å². The molecule has 1 aromatic carbocycles. The number of rotatable bonds is 7. The van der Waals surface area contributed by atoms with Crippen molar-refractivity contribution in [1.82, 2.24) is 10.2 Å². The minimum atomic E-state index is -0.0544. The van der Waals surface area contributed by atoms with Gasteiger partial charge in [-0.1, -0.05) is 11.6 Å². The van der Waals surface area contributed by atoms with Gasteiger partial charge in [-0.15, -0.1) is 0 Å². The summed E-state index contributed by atoms with van der Waals surface area (Å²) in [5.41, 5.74) is 2.93. The van der Waals surface area contributed by atoms with Crippen LogP contribution in [0.25, 0.3) is 0 Å². The maximum Gasteiger partial charge on any atom is 0.253 e. The molecule has 1 heterocycles. The quantitative estimate of drug-likeness (QED) is 0.582. The Hall–Kier alpha value is -2.14. The van der Waals surface area contributed by atoms with Crippen LogP contribution in [-0.4, -0.2) is 42.9 Å². The highest BCUT2D eigenvalue weighted by Crippen LogP contribution is 2.19. The van der Waals surface area contributed by atoms with Crippen LogP contribution in [0.4, 0.5) is 5.69 Å². The lowest BCUT2D eigenvalue weighted by atomic mass is 9.97. The number of hydrogen-bond donors (Lipinski definition) is 2. The Morgan fingerprint density at radius 3 is 2.46 bits per heavy atom. The van der Waals surface area contributed by atoms with E-state index in [1.54, 1.807) is 24.3 Å². The van der Waals surface area contributed by atoms with Crippen molar-refractivity contribution < 1.29 is 9.59 Å². The van der Waals surface area contributed by atoms with Gasteiger partial charge in [0.05, 0.1) is 6.54 Å². The number of likely N-dealkylation sites (tertiary alicyclic amines) is 1. The maximum absolute atomic E-state index is 12.3. The van der Waals surface area contributed by atoms with E-state index < -0.39 is 0 Å². The second-order valence-electron chi connectivity index (χ2n) is 7.16. The fourth-order valence-corrected chi connectivity index (χ4v) is 3.59. The molecule has 0 radical (unpaired) electrons. The Bertz CT molecular complexity index is 646. The number of carbonyl (C=O) groups is 2. The summed E-state index contributed by atoms with van der Waals surface area (Å²) in [6.07, 6.45) is 10.6. The smallest absolute Gasteiger partial charge is 0.253 e. The normalized spacial score (nSPS) is 17.1. The van der Waals surface area contributed by atoms with E-state index in [9.17, 15) is 9.59 Å². The molecular formula is C21H29N3O2. The molecule has 0 bridgehead atoms. The van der Waals surface area contributed by atoms with Crippen molar-refractivity contribution in [3.63, 3.8) is 0 Å². The molecule has 26 heavy (non-hydrogen) atoms. The van der Waals surface area contributed by atoms with Gasteiger partial charge in [0.1, 0.15) is 0 Å². The standard InChI is InChI=1S/C21H29N3O2/c25-20(16-22-13-12-17-6-2-1-3-7-17)23-19-10-8-18(9-11-19)21(26)24-14-4-5-15-24/h6,8-11,22H,1-5,7,12-16H2,(H,23,25). The van der Waals surface area contributed by atoms with E-state index >= 15 is 0 Å². The van der Waals surface area contributed by atoms with Gasteiger partial charge in [0.25, 0.3) is 5.91 Å². The van der Waals surface area contributed by atoms with Gasteiger partial charge in [0, 0.05) is 24.3 Å². The summed E-state index contributed by atoms with van der Waals surface area (Å²) >= 11 is 0. The van der Waals surface area contributed by atoms with Crippen molar-refractivity contribution in [3.05, 3.63) is 41.5 Å². The van der Waals surface area contributed by atoms with Crippen molar-refractivity contribution in [2.45, 2.75) is 44.9 Å². The maximum atomic E-state index is 12.3. The van der Waals surface area contributed by atoms with Crippen LogP contribution in [-0.2, 0) is 4.79 Å². The van der Waals surface area contributed by atoms with E-state index in [0.717, 1.165) is 44.6 Å². The Kier molecular flexibility index (Phi) is 6.83. The van der Waals surface area contributed by atoms with Crippen molar-refractivity contribution >= 4 is 17.5 Å². The number of anilines is 1. The third-order valence-electron chi connectivity index (χ3n) is 5.10. The molecule has 1 fully saturated rings. The van der Waals surface area contributed by atoms with E-state index in [1.807, 2.05) is 4.90 Å². The molecule has 0 spiro atoms. The largest absolute Gasteiger partial charge is 0.339 e. The van der Waals surface area contributed by atoms with Crippen molar-refractivity contribution in [2.24, 2.45) is 0 Å². The van der Waals surface area contributed by atoms with Crippen LogP contribution in [0.1, 0.15) is 55.3 Å². The summed E-state index contributed by atoms with van der Waals surface area (Å²) in [4.78, 5) is 26.2. The molecule has 1 aliphatic heterocycles. The lowest BCUT2D eigenvalue weighted by Gasteiger charge is -2.15. The van der Waals surface area contributed by atoms with E-state index in [0.29, 0.717) is 12.1 Å². The van der Waals surface area contributed by atoms with Crippen molar-refractivity contribution in [3.8, 4) is 0 Å². The van der Waals surface area contributed by atoms with Crippen LogP contribution < -0.4 is 10.6 Å². The fourth-order valence-electron chi connectivity index (χ4n) is 3.59. The monoisotopic (exact) mass is 355 g/mol. The van der Waals surface area contributed by atoms with Gasteiger partial charge >= 0.3 is 0 Å². The number of nitrogens with one attached hydrogen (secondary N) is 2. The van der Waals surface area contributed by atoms with Gasteiger partial charge < -0.3 is 15.5 Å². The van der Waals surface area contributed by atoms with Crippen LogP contribution in [0, 0.1) is 0 Å². The Labute approximate surface area is 155 Å². The predicted molar refractivity (Wildman–Crippen MR) is 104 cm³/mol. The Morgan fingerprint density at radius 2 is 1.77 bits per heavy atom. The van der Waals surface area contributed by atoms with Gasteiger partial charge in [-0.2, -0.15) is 0 Å². The number of benzene rings is 1. The first kappa shape index (κ1) is 18.6. The minimum absolute atomic E-state index is 0.0544. The van der Waals surface area contributed by atoms with Crippen LogP contribution in [0.15, 0.2) is 35.9 Å². The number of hydrogen-bond acceptors (Lipinski definition) is 3. The molecule has 1 saturated heterocycles. The first-order valence-electron chi connectivity index (χ1n) is 9.80. The van der Waals surface area contributed by atoms with E-state index in [4.69, 9.17) is 0 Å².